The van der Waals surface area contributed by atoms with Gasteiger partial charge in [0.1, 0.15) is 12.4 Å². The second-order valence-corrected chi connectivity index (χ2v) is 11.8. The van der Waals surface area contributed by atoms with Crippen LogP contribution in [0.2, 0.25) is 10.0 Å². The van der Waals surface area contributed by atoms with Crippen molar-refractivity contribution in [3.8, 4) is 17.3 Å². The molecule has 9 nitrogen and oxygen atoms in total. The lowest BCUT2D eigenvalue weighted by molar-refractivity contribution is -0.127. The van der Waals surface area contributed by atoms with E-state index in [2.05, 4.69) is 28.4 Å². The van der Waals surface area contributed by atoms with Gasteiger partial charge in [0, 0.05) is 52.9 Å². The highest BCUT2D eigenvalue weighted by molar-refractivity contribution is 6.38. The van der Waals surface area contributed by atoms with Crippen molar-refractivity contribution >= 4 is 56.7 Å². The number of nitrogens with zero attached hydrogens (tertiary/aromatic N) is 7. The number of ether oxygens (including phenoxy) is 1. The average Bonchev–Trinajstić information content (AvgIpc) is 3.53. The Hall–Kier alpha value is -3.53. The molecule has 0 radical (unpaired) electrons. The van der Waals surface area contributed by atoms with Gasteiger partial charge in [-0.05, 0) is 51.1 Å². The predicted octanol–water partition coefficient (Wildman–Crippen LogP) is 5.00. The monoisotopic (exact) mass is 589 g/mol. The number of carbonyl (C=O) groups excluding carboxylic acids is 1. The average molecular weight is 591 g/mol. The van der Waals surface area contributed by atoms with Crippen molar-refractivity contribution in [2.24, 2.45) is 0 Å². The number of pyridine rings is 2. The Kier molecular flexibility index (Phi) is 6.68. The molecule has 3 aliphatic heterocycles. The van der Waals surface area contributed by atoms with Gasteiger partial charge in [0.2, 0.25) is 5.91 Å². The number of amides is 1. The van der Waals surface area contributed by atoms with Gasteiger partial charge < -0.3 is 19.4 Å². The van der Waals surface area contributed by atoms with E-state index in [9.17, 15) is 4.79 Å². The highest BCUT2D eigenvalue weighted by Crippen LogP contribution is 2.42. The van der Waals surface area contributed by atoms with Crippen LogP contribution in [0.1, 0.15) is 19.3 Å². The molecule has 210 valence electrons. The topological polar surface area (TPSA) is 87.6 Å². The van der Waals surface area contributed by atoms with E-state index < -0.39 is 0 Å². The van der Waals surface area contributed by atoms with Gasteiger partial charge in [-0.3, -0.25) is 9.78 Å². The number of rotatable bonds is 6. The summed E-state index contributed by atoms with van der Waals surface area (Å²) < 4.78 is 6.21. The van der Waals surface area contributed by atoms with Crippen molar-refractivity contribution in [1.82, 2.24) is 29.7 Å². The van der Waals surface area contributed by atoms with Crippen LogP contribution in [-0.4, -0.2) is 87.1 Å². The highest BCUT2D eigenvalue weighted by Gasteiger charge is 2.49. The van der Waals surface area contributed by atoms with E-state index in [1.165, 1.54) is 6.08 Å². The smallest absolute Gasteiger partial charge is 0.320 e. The molecule has 0 aliphatic carbocycles. The van der Waals surface area contributed by atoms with Crippen molar-refractivity contribution in [3.63, 3.8) is 0 Å². The van der Waals surface area contributed by atoms with Crippen LogP contribution in [0, 0.1) is 0 Å². The minimum absolute atomic E-state index is 0.0360. The summed E-state index contributed by atoms with van der Waals surface area (Å²) in [5, 5.41) is 3.50. The molecule has 3 saturated heterocycles. The van der Waals surface area contributed by atoms with E-state index in [1.807, 2.05) is 29.2 Å². The number of likely N-dealkylation sites (N-methyl/N-ethyl adjacent to an activating group) is 1. The molecule has 3 aromatic heterocycles. The van der Waals surface area contributed by atoms with Crippen LogP contribution in [0.15, 0.2) is 49.3 Å². The molecule has 3 atom stereocenters. The second-order valence-electron chi connectivity index (χ2n) is 10.9. The molecule has 0 bridgehead atoms. The van der Waals surface area contributed by atoms with Crippen LogP contribution in [-0.2, 0) is 4.79 Å². The maximum Gasteiger partial charge on any atom is 0.320 e. The van der Waals surface area contributed by atoms with Gasteiger partial charge in [0.05, 0.1) is 28.2 Å². The predicted molar refractivity (Wildman–Crippen MR) is 161 cm³/mol. The first kappa shape index (κ1) is 26.4. The summed E-state index contributed by atoms with van der Waals surface area (Å²) in [4.78, 5) is 37.8. The standard InChI is InChI=1S/C30H29Cl2N7O2/c1-3-25(40)38-11-9-23-24(38)15-39(23)29-19-12-22(32)27(20-14-33-13-17-6-4-8-21(31)26(17)20)34-28(19)35-30(36-29)41-16-18-7-5-10-37(18)2/h3-4,6,8,12-14,18,23-24H,1,5,7,9-11,15-16H2,2H3/t18-,23+,24+/m0/s1. The molecule has 0 unspecified atom stereocenters. The second kappa shape index (κ2) is 10.4. The van der Waals surface area contributed by atoms with Gasteiger partial charge in [0.25, 0.3) is 0 Å². The number of hydrogen-bond acceptors (Lipinski definition) is 8. The maximum atomic E-state index is 12.4. The minimum Gasteiger partial charge on any atom is -0.462 e. The number of aromatic nitrogens is 4. The third kappa shape index (κ3) is 4.47. The number of benzene rings is 1. The van der Waals surface area contributed by atoms with Gasteiger partial charge in [0.15, 0.2) is 5.65 Å². The Labute approximate surface area is 247 Å². The van der Waals surface area contributed by atoms with Crippen LogP contribution < -0.4 is 9.64 Å². The highest BCUT2D eigenvalue weighted by atomic mass is 35.5. The summed E-state index contributed by atoms with van der Waals surface area (Å²) in [7, 11) is 2.11. The number of halogens is 2. The van der Waals surface area contributed by atoms with E-state index in [1.54, 1.807) is 12.4 Å². The van der Waals surface area contributed by atoms with Crippen LogP contribution in [0.25, 0.3) is 33.1 Å². The van der Waals surface area contributed by atoms with Crippen molar-refractivity contribution < 1.29 is 9.53 Å². The van der Waals surface area contributed by atoms with E-state index in [0.29, 0.717) is 52.9 Å². The molecule has 0 saturated carbocycles. The SMILES string of the molecule is C=CC(=O)N1CC[C@@H]2[C@H]1CN2c1nc(OC[C@@H]2CCCN2C)nc2nc(-c3cncc4cccc(Cl)c34)c(Cl)cc12. The van der Waals surface area contributed by atoms with Gasteiger partial charge >= 0.3 is 6.01 Å². The quantitative estimate of drug-likeness (QED) is 0.290. The van der Waals surface area contributed by atoms with Crippen molar-refractivity contribution in [1.29, 1.82) is 0 Å². The Balaban J connectivity index is 1.32. The summed E-state index contributed by atoms with van der Waals surface area (Å²) in [5.74, 6) is 0.681. The Morgan fingerprint density at radius 1 is 1.12 bits per heavy atom. The molecule has 3 fully saturated rings. The lowest BCUT2D eigenvalue weighted by Crippen LogP contribution is -2.63. The first-order valence-electron chi connectivity index (χ1n) is 13.9. The Morgan fingerprint density at radius 2 is 2.00 bits per heavy atom. The number of carbonyl (C=O) groups is 1. The number of hydrogen-bond donors (Lipinski definition) is 0. The number of likely N-dealkylation sites (tertiary alicyclic amines) is 2. The van der Waals surface area contributed by atoms with E-state index in [0.717, 1.165) is 47.5 Å². The molecular formula is C30H29Cl2N7O2. The molecule has 41 heavy (non-hydrogen) atoms. The van der Waals surface area contributed by atoms with E-state index in [4.69, 9.17) is 42.9 Å². The molecule has 4 aromatic rings. The molecule has 1 aromatic carbocycles. The van der Waals surface area contributed by atoms with Crippen LogP contribution in [0.4, 0.5) is 5.82 Å². The van der Waals surface area contributed by atoms with Gasteiger partial charge in [-0.2, -0.15) is 9.97 Å². The zero-order valence-corrected chi connectivity index (χ0v) is 24.1. The largest absolute Gasteiger partial charge is 0.462 e. The summed E-state index contributed by atoms with van der Waals surface area (Å²) in [5.41, 5.74) is 1.75. The van der Waals surface area contributed by atoms with E-state index >= 15 is 0 Å². The van der Waals surface area contributed by atoms with Crippen LogP contribution in [0.3, 0.4) is 0 Å². The van der Waals surface area contributed by atoms with Gasteiger partial charge in [-0.1, -0.05) is 41.9 Å². The molecule has 0 N–H and O–H groups in total. The third-order valence-corrected chi connectivity index (χ3v) is 9.29. The fourth-order valence-electron chi connectivity index (χ4n) is 6.45. The number of anilines is 1. The third-order valence-electron chi connectivity index (χ3n) is 8.69. The summed E-state index contributed by atoms with van der Waals surface area (Å²) >= 11 is 13.5. The summed E-state index contributed by atoms with van der Waals surface area (Å²) in [6, 6.07) is 8.43. The zero-order valence-electron chi connectivity index (χ0n) is 22.6. The van der Waals surface area contributed by atoms with Crippen LogP contribution >= 0.6 is 23.2 Å². The summed E-state index contributed by atoms with van der Waals surface area (Å²) in [6.45, 7) is 6.56. The molecule has 11 heteroatoms. The maximum absolute atomic E-state index is 12.4. The minimum atomic E-state index is -0.0360. The zero-order chi connectivity index (χ0) is 28.2. The summed E-state index contributed by atoms with van der Waals surface area (Å²) in [6.07, 6.45) is 7.96. The molecular weight excluding hydrogens is 561 g/mol. The van der Waals surface area contributed by atoms with Gasteiger partial charge in [-0.15, -0.1) is 0 Å². The lowest BCUT2D eigenvalue weighted by atomic mass is 9.96. The van der Waals surface area contributed by atoms with Crippen molar-refractivity contribution in [2.75, 3.05) is 38.2 Å². The fourth-order valence-corrected chi connectivity index (χ4v) is 6.99. The van der Waals surface area contributed by atoms with Crippen LogP contribution in [0.5, 0.6) is 6.01 Å². The Morgan fingerprint density at radius 3 is 2.80 bits per heavy atom. The lowest BCUT2D eigenvalue weighted by Gasteiger charge is -2.47. The first-order chi connectivity index (χ1) is 19.9. The van der Waals surface area contributed by atoms with Crippen molar-refractivity contribution in [3.05, 3.63) is 59.4 Å². The van der Waals surface area contributed by atoms with E-state index in [-0.39, 0.29) is 24.0 Å². The first-order valence-corrected chi connectivity index (χ1v) is 14.6. The fraction of sp³-hybridized carbons (Fsp3) is 0.367. The molecule has 7 rings (SSSR count). The molecule has 0 spiro atoms. The molecule has 1 amide bonds. The van der Waals surface area contributed by atoms with Gasteiger partial charge in [-0.25, -0.2) is 4.98 Å². The normalized spacial score (nSPS) is 22.3. The number of fused-ring (bicyclic) bond motifs is 3. The van der Waals surface area contributed by atoms with Crippen molar-refractivity contribution in [2.45, 2.75) is 37.4 Å². The molecule has 3 aliphatic rings. The molecule has 6 heterocycles. The Bertz CT molecular complexity index is 1690.